The summed E-state index contributed by atoms with van der Waals surface area (Å²) in [5.41, 5.74) is 7.77. The number of ether oxygens (including phenoxy) is 5. The summed E-state index contributed by atoms with van der Waals surface area (Å²) >= 11 is 0. The van der Waals surface area contributed by atoms with Gasteiger partial charge < -0.3 is 29.4 Å². The fraction of sp³-hybridized carbons (Fsp3) is 0.278. The minimum atomic E-state index is -0.643. The van der Waals surface area contributed by atoms with Crippen LogP contribution in [0.25, 0.3) is 0 Å². The molecule has 3 N–H and O–H groups in total. The van der Waals surface area contributed by atoms with Gasteiger partial charge in [0.15, 0.2) is 11.5 Å². The molecule has 0 amide bonds. The standard InChI is InChI=1S/C18H16N4O6/c1-24-11-3-8(4-12-16(11)27-7-26-12)14-9(6-19)17(20)28-18-15(14)10(21-22-18)5-13(23)25-2/h3-4,14H,5,7,20H2,1-2H3,(H,21,22)/t14-/m0/s1. The molecule has 4 rings (SSSR count). The number of nitrogens with zero attached hydrogens (tertiary/aromatic N) is 2. The van der Waals surface area contributed by atoms with E-state index >= 15 is 0 Å². The SMILES string of the molecule is COC(=O)Cc1[nH]nc2c1[C@@H](c1cc(OC)c3c(c1)OCO3)C(C#N)=C(N)O2. The monoisotopic (exact) mass is 384 g/mol. The molecule has 0 aliphatic carbocycles. The molecule has 0 saturated carbocycles. The number of H-pyrrole nitrogens is 1. The summed E-state index contributed by atoms with van der Waals surface area (Å²) in [6, 6.07) is 5.56. The van der Waals surface area contributed by atoms with Crippen LogP contribution in [0.5, 0.6) is 23.1 Å². The third kappa shape index (κ3) is 2.64. The first kappa shape index (κ1) is 17.5. The first-order chi connectivity index (χ1) is 13.6. The maximum atomic E-state index is 11.8. The Bertz CT molecular complexity index is 1040. The van der Waals surface area contributed by atoms with E-state index in [0.29, 0.717) is 34.1 Å². The highest BCUT2D eigenvalue weighted by atomic mass is 16.7. The van der Waals surface area contributed by atoms with Crippen molar-refractivity contribution in [2.45, 2.75) is 12.3 Å². The number of rotatable bonds is 4. The molecule has 1 aromatic carbocycles. The zero-order valence-electron chi connectivity index (χ0n) is 15.1. The van der Waals surface area contributed by atoms with Crippen molar-refractivity contribution in [3.63, 3.8) is 0 Å². The first-order valence-electron chi connectivity index (χ1n) is 8.26. The number of aromatic amines is 1. The molecule has 10 heteroatoms. The molecule has 0 unspecified atom stereocenters. The molecular formula is C18H16N4O6. The number of esters is 1. The van der Waals surface area contributed by atoms with E-state index in [2.05, 4.69) is 16.3 Å². The number of hydrogen-bond donors (Lipinski definition) is 2. The van der Waals surface area contributed by atoms with Gasteiger partial charge in [0.1, 0.15) is 11.6 Å². The van der Waals surface area contributed by atoms with Gasteiger partial charge >= 0.3 is 5.97 Å². The van der Waals surface area contributed by atoms with Crippen LogP contribution in [-0.2, 0) is 16.0 Å². The fourth-order valence-electron chi connectivity index (χ4n) is 3.31. The van der Waals surface area contributed by atoms with E-state index < -0.39 is 11.9 Å². The van der Waals surface area contributed by atoms with Gasteiger partial charge in [0, 0.05) is 0 Å². The van der Waals surface area contributed by atoms with Crippen molar-refractivity contribution in [2.75, 3.05) is 21.0 Å². The number of carbonyl (C=O) groups is 1. The van der Waals surface area contributed by atoms with Crippen LogP contribution in [0.4, 0.5) is 0 Å². The Balaban J connectivity index is 1.90. The van der Waals surface area contributed by atoms with E-state index in [4.69, 9.17) is 29.4 Å². The van der Waals surface area contributed by atoms with Crippen molar-refractivity contribution in [3.8, 4) is 29.2 Å². The molecule has 2 aliphatic heterocycles. The highest BCUT2D eigenvalue weighted by Crippen LogP contribution is 2.48. The Hall–Kier alpha value is -3.87. The lowest BCUT2D eigenvalue weighted by Gasteiger charge is -2.24. The van der Waals surface area contributed by atoms with Crippen LogP contribution in [0.2, 0.25) is 0 Å². The maximum Gasteiger partial charge on any atom is 0.311 e. The second kappa shape index (κ2) is 6.70. The lowest BCUT2D eigenvalue weighted by atomic mass is 9.83. The normalized spacial score (nSPS) is 16.8. The van der Waals surface area contributed by atoms with Crippen molar-refractivity contribution < 1.29 is 28.5 Å². The lowest BCUT2D eigenvalue weighted by molar-refractivity contribution is -0.139. The van der Waals surface area contributed by atoms with Crippen LogP contribution in [0, 0.1) is 11.3 Å². The summed E-state index contributed by atoms with van der Waals surface area (Å²) in [5, 5.41) is 16.6. The maximum absolute atomic E-state index is 11.8. The number of benzene rings is 1. The zero-order chi connectivity index (χ0) is 19.8. The molecule has 0 radical (unpaired) electrons. The Morgan fingerprint density at radius 1 is 1.43 bits per heavy atom. The van der Waals surface area contributed by atoms with Gasteiger partial charge in [0.05, 0.1) is 37.8 Å². The number of nitrogens with one attached hydrogen (secondary N) is 1. The number of carbonyl (C=O) groups excluding carboxylic acids is 1. The lowest BCUT2D eigenvalue weighted by Crippen LogP contribution is -2.22. The molecule has 0 saturated heterocycles. The van der Waals surface area contributed by atoms with Crippen LogP contribution >= 0.6 is 0 Å². The smallest absolute Gasteiger partial charge is 0.311 e. The van der Waals surface area contributed by atoms with Gasteiger partial charge in [-0.05, 0) is 17.7 Å². The molecule has 0 spiro atoms. The Morgan fingerprint density at radius 3 is 2.96 bits per heavy atom. The van der Waals surface area contributed by atoms with Gasteiger partial charge in [0.25, 0.3) is 0 Å². The molecule has 2 aliphatic rings. The predicted molar refractivity (Wildman–Crippen MR) is 92.7 cm³/mol. The van der Waals surface area contributed by atoms with Crippen LogP contribution in [0.3, 0.4) is 0 Å². The van der Waals surface area contributed by atoms with Crippen LogP contribution in [-0.4, -0.2) is 37.2 Å². The van der Waals surface area contributed by atoms with Gasteiger partial charge in [-0.1, -0.05) is 0 Å². The second-order valence-electron chi connectivity index (χ2n) is 6.06. The Kier molecular flexibility index (Phi) is 4.19. The molecule has 28 heavy (non-hydrogen) atoms. The van der Waals surface area contributed by atoms with Crippen molar-refractivity contribution in [1.82, 2.24) is 10.2 Å². The second-order valence-corrected chi connectivity index (χ2v) is 6.06. The van der Waals surface area contributed by atoms with E-state index in [1.807, 2.05) is 0 Å². The van der Waals surface area contributed by atoms with Crippen molar-refractivity contribution in [3.05, 3.63) is 40.4 Å². The molecule has 2 aromatic rings. The van der Waals surface area contributed by atoms with Crippen LogP contribution < -0.4 is 24.7 Å². The molecule has 10 nitrogen and oxygen atoms in total. The van der Waals surface area contributed by atoms with Crippen molar-refractivity contribution in [2.24, 2.45) is 5.73 Å². The number of fused-ring (bicyclic) bond motifs is 2. The zero-order valence-corrected chi connectivity index (χ0v) is 15.1. The predicted octanol–water partition coefficient (Wildman–Crippen LogP) is 1.08. The van der Waals surface area contributed by atoms with E-state index in [-0.39, 0.29) is 30.5 Å². The highest BCUT2D eigenvalue weighted by Gasteiger charge is 2.37. The molecule has 144 valence electrons. The summed E-state index contributed by atoms with van der Waals surface area (Å²) in [6.07, 6.45) is -0.0704. The fourth-order valence-corrected chi connectivity index (χ4v) is 3.31. The largest absolute Gasteiger partial charge is 0.493 e. The van der Waals surface area contributed by atoms with Crippen LogP contribution in [0.15, 0.2) is 23.6 Å². The minimum absolute atomic E-state index is 0.0623. The summed E-state index contributed by atoms with van der Waals surface area (Å²) in [5.74, 6) is 0.439. The number of allylic oxidation sites excluding steroid dienone is 1. The summed E-state index contributed by atoms with van der Waals surface area (Å²) in [6.45, 7) is 0.0660. The average molecular weight is 384 g/mol. The highest BCUT2D eigenvalue weighted by molar-refractivity contribution is 5.73. The van der Waals surface area contributed by atoms with E-state index in [9.17, 15) is 10.1 Å². The van der Waals surface area contributed by atoms with Crippen molar-refractivity contribution >= 4 is 5.97 Å². The first-order valence-corrected chi connectivity index (χ1v) is 8.26. The van der Waals surface area contributed by atoms with Crippen LogP contribution in [0.1, 0.15) is 22.7 Å². The third-order valence-corrected chi connectivity index (χ3v) is 4.58. The molecule has 0 bridgehead atoms. The Morgan fingerprint density at radius 2 is 2.25 bits per heavy atom. The van der Waals surface area contributed by atoms with E-state index in [1.165, 1.54) is 14.2 Å². The quantitative estimate of drug-likeness (QED) is 0.740. The van der Waals surface area contributed by atoms with E-state index in [0.717, 1.165) is 0 Å². The minimum Gasteiger partial charge on any atom is -0.493 e. The number of nitrogens with two attached hydrogens (primary N) is 1. The molecule has 1 atom stereocenters. The summed E-state index contributed by atoms with van der Waals surface area (Å²) < 4.78 is 26.5. The van der Waals surface area contributed by atoms with Crippen molar-refractivity contribution in [1.29, 1.82) is 5.26 Å². The third-order valence-electron chi connectivity index (χ3n) is 4.58. The van der Waals surface area contributed by atoms with Gasteiger partial charge in [-0.25, -0.2) is 0 Å². The summed E-state index contributed by atoms with van der Waals surface area (Å²) in [4.78, 5) is 11.8. The van der Waals surface area contributed by atoms with E-state index in [1.54, 1.807) is 12.1 Å². The number of hydrogen-bond acceptors (Lipinski definition) is 9. The number of methoxy groups -OCH3 is 2. The van der Waals surface area contributed by atoms with Gasteiger partial charge in [-0.2, -0.15) is 5.26 Å². The van der Waals surface area contributed by atoms with Gasteiger partial charge in [-0.3, -0.25) is 9.89 Å². The molecule has 3 heterocycles. The topological polar surface area (TPSA) is 142 Å². The molecule has 1 aromatic heterocycles. The summed E-state index contributed by atoms with van der Waals surface area (Å²) in [7, 11) is 2.80. The molecule has 0 fully saturated rings. The van der Waals surface area contributed by atoms with Gasteiger partial charge in [0.2, 0.25) is 24.3 Å². The van der Waals surface area contributed by atoms with Gasteiger partial charge in [-0.15, -0.1) is 5.10 Å². The Labute approximate surface area is 159 Å². The number of aromatic nitrogens is 2. The molecular weight excluding hydrogens is 368 g/mol. The average Bonchev–Trinajstić information content (AvgIpc) is 3.32. The number of nitriles is 1.